The number of hydrogen-bond acceptors (Lipinski definition) is 4. The fourth-order valence-electron chi connectivity index (χ4n) is 1.88. The summed E-state index contributed by atoms with van der Waals surface area (Å²) in [6, 6.07) is 0. The van der Waals surface area contributed by atoms with Crippen molar-refractivity contribution in [2.45, 2.75) is 13.0 Å². The molecular weight excluding hydrogens is 198 g/mol. The number of aromatic amines is 1. The van der Waals surface area contributed by atoms with Gasteiger partial charge in [0.1, 0.15) is 0 Å². The van der Waals surface area contributed by atoms with Crippen LogP contribution in [-0.2, 0) is 6.54 Å². The van der Waals surface area contributed by atoms with Crippen molar-refractivity contribution in [3.8, 4) is 0 Å². The van der Waals surface area contributed by atoms with E-state index in [0.717, 1.165) is 31.9 Å². The minimum Gasteiger partial charge on any atom is -0.330 e. The zero-order valence-corrected chi connectivity index (χ0v) is 8.85. The summed E-state index contributed by atoms with van der Waals surface area (Å²) in [4.78, 5) is 16.1. The smallest absolute Gasteiger partial charge is 0.304 e. The van der Waals surface area contributed by atoms with Crippen molar-refractivity contribution in [2.75, 3.05) is 19.6 Å². The Kier molecular flexibility index (Phi) is 3.00. The molecule has 1 fully saturated rings. The van der Waals surface area contributed by atoms with E-state index < -0.39 is 0 Å². The summed E-state index contributed by atoms with van der Waals surface area (Å²) in [7, 11) is 0. The average molecular weight is 213 g/mol. The second-order valence-electron chi connectivity index (χ2n) is 3.80. The van der Waals surface area contributed by atoms with E-state index in [1.165, 1.54) is 17.8 Å². The van der Waals surface area contributed by atoms with Crippen LogP contribution in [0, 0.1) is 5.92 Å². The summed E-state index contributed by atoms with van der Waals surface area (Å²) in [5.74, 6) is 0.639. The molecule has 0 bridgehead atoms. The summed E-state index contributed by atoms with van der Waals surface area (Å²) < 4.78 is 0. The van der Waals surface area contributed by atoms with Crippen LogP contribution in [0.5, 0.6) is 0 Å². The van der Waals surface area contributed by atoms with Gasteiger partial charge in [0, 0.05) is 24.2 Å². The van der Waals surface area contributed by atoms with Crippen molar-refractivity contribution in [1.82, 2.24) is 9.88 Å². The van der Waals surface area contributed by atoms with Crippen LogP contribution >= 0.6 is 11.3 Å². The number of rotatable bonds is 3. The molecule has 1 aliphatic rings. The molecule has 0 aliphatic carbocycles. The molecule has 2 rings (SSSR count). The van der Waals surface area contributed by atoms with Crippen LogP contribution < -0.4 is 10.6 Å². The Hall–Kier alpha value is -0.650. The molecule has 0 aromatic carbocycles. The molecule has 0 spiro atoms. The highest BCUT2D eigenvalue weighted by molar-refractivity contribution is 7.07. The predicted octanol–water partition coefficient (Wildman–Crippen LogP) is 0.217. The topological polar surface area (TPSA) is 62.1 Å². The SMILES string of the molecule is NCC1CCN(Cc2csc(=O)[nH]2)C1. The maximum atomic E-state index is 10.9. The summed E-state index contributed by atoms with van der Waals surface area (Å²) in [5.41, 5.74) is 6.64. The van der Waals surface area contributed by atoms with Crippen LogP contribution in [0.15, 0.2) is 10.2 Å². The van der Waals surface area contributed by atoms with Crippen LogP contribution in [0.2, 0.25) is 0 Å². The fraction of sp³-hybridized carbons (Fsp3) is 0.667. The first-order valence-corrected chi connectivity index (χ1v) is 5.75. The lowest BCUT2D eigenvalue weighted by Crippen LogP contribution is -2.23. The highest BCUT2D eigenvalue weighted by Gasteiger charge is 2.21. The zero-order valence-electron chi connectivity index (χ0n) is 8.03. The summed E-state index contributed by atoms with van der Waals surface area (Å²) >= 11 is 1.23. The molecule has 1 saturated heterocycles. The molecule has 0 radical (unpaired) electrons. The van der Waals surface area contributed by atoms with Crippen molar-refractivity contribution in [2.24, 2.45) is 11.7 Å². The number of hydrogen-bond donors (Lipinski definition) is 2. The van der Waals surface area contributed by atoms with Gasteiger partial charge in [0.15, 0.2) is 0 Å². The van der Waals surface area contributed by atoms with E-state index in [4.69, 9.17) is 5.73 Å². The average Bonchev–Trinajstić information content (AvgIpc) is 2.76. The van der Waals surface area contributed by atoms with E-state index in [1.807, 2.05) is 5.38 Å². The fourth-order valence-corrected chi connectivity index (χ4v) is 2.45. The monoisotopic (exact) mass is 213 g/mol. The van der Waals surface area contributed by atoms with Gasteiger partial charge in [-0.3, -0.25) is 9.69 Å². The van der Waals surface area contributed by atoms with Crippen LogP contribution in [0.3, 0.4) is 0 Å². The lowest BCUT2D eigenvalue weighted by Gasteiger charge is -2.13. The molecule has 1 unspecified atom stereocenters. The number of H-pyrrole nitrogens is 1. The van der Waals surface area contributed by atoms with Crippen LogP contribution in [0.4, 0.5) is 0 Å². The third-order valence-corrected chi connectivity index (χ3v) is 3.39. The molecule has 5 heteroatoms. The van der Waals surface area contributed by atoms with E-state index in [-0.39, 0.29) is 4.87 Å². The molecule has 3 N–H and O–H groups in total. The molecule has 4 nitrogen and oxygen atoms in total. The molecule has 78 valence electrons. The van der Waals surface area contributed by atoms with Gasteiger partial charge in [-0.15, -0.1) is 0 Å². The molecule has 1 aromatic rings. The Morgan fingerprint density at radius 1 is 1.71 bits per heavy atom. The number of nitrogens with two attached hydrogens (primary N) is 1. The number of thiazole rings is 1. The molecule has 2 heterocycles. The summed E-state index contributed by atoms with van der Waals surface area (Å²) in [5, 5.41) is 1.90. The largest absolute Gasteiger partial charge is 0.330 e. The molecule has 14 heavy (non-hydrogen) atoms. The third-order valence-electron chi connectivity index (χ3n) is 2.67. The van der Waals surface area contributed by atoms with Gasteiger partial charge < -0.3 is 10.7 Å². The van der Waals surface area contributed by atoms with E-state index in [0.29, 0.717) is 5.92 Å². The highest BCUT2D eigenvalue weighted by Crippen LogP contribution is 2.16. The molecule has 1 atom stereocenters. The van der Waals surface area contributed by atoms with Gasteiger partial charge in [0.05, 0.1) is 0 Å². The molecule has 0 saturated carbocycles. The minimum absolute atomic E-state index is 0.0366. The van der Waals surface area contributed by atoms with Gasteiger partial charge in [0.2, 0.25) is 0 Å². The maximum Gasteiger partial charge on any atom is 0.304 e. The Morgan fingerprint density at radius 2 is 2.57 bits per heavy atom. The van der Waals surface area contributed by atoms with Crippen molar-refractivity contribution in [1.29, 1.82) is 0 Å². The van der Waals surface area contributed by atoms with Gasteiger partial charge in [0.25, 0.3) is 0 Å². The van der Waals surface area contributed by atoms with Crippen molar-refractivity contribution >= 4 is 11.3 Å². The molecule has 1 aliphatic heterocycles. The van der Waals surface area contributed by atoms with Crippen LogP contribution in [-0.4, -0.2) is 29.5 Å². The first-order chi connectivity index (χ1) is 6.78. The van der Waals surface area contributed by atoms with E-state index in [9.17, 15) is 4.79 Å². The lowest BCUT2D eigenvalue weighted by atomic mass is 10.1. The summed E-state index contributed by atoms with van der Waals surface area (Å²) in [6.07, 6.45) is 1.19. The first-order valence-electron chi connectivity index (χ1n) is 4.87. The summed E-state index contributed by atoms with van der Waals surface area (Å²) in [6.45, 7) is 3.79. The van der Waals surface area contributed by atoms with Gasteiger partial charge in [-0.25, -0.2) is 0 Å². The molecule has 0 amide bonds. The molecule has 1 aromatic heterocycles. The van der Waals surface area contributed by atoms with Crippen LogP contribution in [0.1, 0.15) is 12.1 Å². The Morgan fingerprint density at radius 3 is 3.14 bits per heavy atom. The van der Waals surface area contributed by atoms with Crippen molar-refractivity contribution < 1.29 is 0 Å². The predicted molar refractivity (Wildman–Crippen MR) is 57.4 cm³/mol. The second-order valence-corrected chi connectivity index (χ2v) is 4.64. The number of nitrogens with one attached hydrogen (secondary N) is 1. The molecular formula is C9H15N3OS. The number of aromatic nitrogens is 1. The van der Waals surface area contributed by atoms with E-state index in [2.05, 4.69) is 9.88 Å². The number of nitrogens with zero attached hydrogens (tertiary/aromatic N) is 1. The lowest BCUT2D eigenvalue weighted by molar-refractivity contribution is 0.314. The first kappa shape index (κ1) is 9.89. The Bertz CT molecular complexity index is 346. The van der Waals surface area contributed by atoms with Gasteiger partial charge in [-0.05, 0) is 25.4 Å². The number of likely N-dealkylation sites (tertiary alicyclic amines) is 1. The third kappa shape index (κ3) is 2.23. The Labute approximate surface area is 86.7 Å². The van der Waals surface area contributed by atoms with Gasteiger partial charge in [-0.2, -0.15) is 0 Å². The normalized spacial score (nSPS) is 23.1. The maximum absolute atomic E-state index is 10.9. The van der Waals surface area contributed by atoms with E-state index >= 15 is 0 Å². The van der Waals surface area contributed by atoms with E-state index in [1.54, 1.807) is 0 Å². The zero-order chi connectivity index (χ0) is 9.97. The van der Waals surface area contributed by atoms with Crippen molar-refractivity contribution in [3.05, 3.63) is 20.7 Å². The highest BCUT2D eigenvalue weighted by atomic mass is 32.1. The van der Waals surface area contributed by atoms with Crippen molar-refractivity contribution in [3.63, 3.8) is 0 Å². The van der Waals surface area contributed by atoms with Gasteiger partial charge >= 0.3 is 4.87 Å². The quantitative estimate of drug-likeness (QED) is 0.755. The van der Waals surface area contributed by atoms with Crippen LogP contribution in [0.25, 0.3) is 0 Å². The van der Waals surface area contributed by atoms with Gasteiger partial charge in [-0.1, -0.05) is 11.3 Å². The minimum atomic E-state index is 0.0366. The standard InChI is InChI=1S/C9H15N3OS/c10-3-7-1-2-12(4-7)5-8-6-14-9(13)11-8/h6-7H,1-5,10H2,(H,11,13). The Balaban J connectivity index is 1.90. The second kappa shape index (κ2) is 4.25.